The molecule has 0 spiro atoms. The molecular weight excluding hydrogens is 244 g/mol. The monoisotopic (exact) mass is 262 g/mol. The SMILES string of the molecule is COc1ccc(C2=C(c3ccccc3)CC=CC2)cc1. The van der Waals surface area contributed by atoms with E-state index in [-0.39, 0.29) is 0 Å². The summed E-state index contributed by atoms with van der Waals surface area (Å²) in [6.45, 7) is 0. The van der Waals surface area contributed by atoms with Crippen molar-refractivity contribution in [1.82, 2.24) is 0 Å². The summed E-state index contributed by atoms with van der Waals surface area (Å²) in [7, 11) is 1.70. The molecule has 20 heavy (non-hydrogen) atoms. The van der Waals surface area contributed by atoms with Gasteiger partial charge in [0, 0.05) is 0 Å². The molecule has 1 nitrogen and oxygen atoms in total. The summed E-state index contributed by atoms with van der Waals surface area (Å²) in [4.78, 5) is 0. The van der Waals surface area contributed by atoms with Crippen molar-refractivity contribution in [1.29, 1.82) is 0 Å². The van der Waals surface area contributed by atoms with Crippen LogP contribution in [-0.2, 0) is 0 Å². The van der Waals surface area contributed by atoms with Crippen LogP contribution in [0.4, 0.5) is 0 Å². The highest BCUT2D eigenvalue weighted by Crippen LogP contribution is 2.35. The fourth-order valence-corrected chi connectivity index (χ4v) is 2.66. The Hall–Kier alpha value is -2.28. The number of hydrogen-bond acceptors (Lipinski definition) is 1. The van der Waals surface area contributed by atoms with E-state index in [9.17, 15) is 0 Å². The van der Waals surface area contributed by atoms with Crippen LogP contribution in [-0.4, -0.2) is 7.11 Å². The molecular formula is C19H18O. The fraction of sp³-hybridized carbons (Fsp3) is 0.158. The standard InChI is InChI=1S/C19H18O/c1-20-17-13-11-16(12-14-17)19-10-6-5-9-18(19)15-7-3-2-4-8-15/h2-8,11-14H,9-10H2,1H3. The average Bonchev–Trinajstić information content (AvgIpc) is 2.56. The maximum Gasteiger partial charge on any atom is 0.118 e. The molecule has 1 heteroatoms. The smallest absolute Gasteiger partial charge is 0.118 e. The van der Waals surface area contributed by atoms with Crippen LogP contribution in [0.5, 0.6) is 5.75 Å². The molecule has 0 radical (unpaired) electrons. The molecule has 0 N–H and O–H groups in total. The van der Waals surface area contributed by atoms with E-state index in [0.717, 1.165) is 18.6 Å². The molecule has 3 rings (SSSR count). The molecule has 0 aliphatic heterocycles. The lowest BCUT2D eigenvalue weighted by molar-refractivity contribution is 0.415. The zero-order valence-electron chi connectivity index (χ0n) is 11.7. The zero-order valence-corrected chi connectivity index (χ0v) is 11.7. The molecule has 0 amide bonds. The van der Waals surface area contributed by atoms with Crippen molar-refractivity contribution < 1.29 is 4.74 Å². The van der Waals surface area contributed by atoms with Gasteiger partial charge in [-0.05, 0) is 47.2 Å². The lowest BCUT2D eigenvalue weighted by Gasteiger charge is -2.18. The van der Waals surface area contributed by atoms with E-state index in [1.807, 2.05) is 12.1 Å². The topological polar surface area (TPSA) is 9.23 Å². The third-order valence-corrected chi connectivity index (χ3v) is 3.74. The van der Waals surface area contributed by atoms with Crippen LogP contribution in [0, 0.1) is 0 Å². The van der Waals surface area contributed by atoms with Crippen molar-refractivity contribution in [2.24, 2.45) is 0 Å². The average molecular weight is 262 g/mol. The van der Waals surface area contributed by atoms with Crippen LogP contribution < -0.4 is 4.74 Å². The van der Waals surface area contributed by atoms with Crippen molar-refractivity contribution in [3.05, 3.63) is 77.9 Å². The van der Waals surface area contributed by atoms with Gasteiger partial charge >= 0.3 is 0 Å². The van der Waals surface area contributed by atoms with Gasteiger partial charge in [-0.15, -0.1) is 0 Å². The molecule has 100 valence electrons. The van der Waals surface area contributed by atoms with E-state index in [4.69, 9.17) is 4.74 Å². The summed E-state index contributed by atoms with van der Waals surface area (Å²) in [5.74, 6) is 0.905. The fourth-order valence-electron chi connectivity index (χ4n) is 2.66. The van der Waals surface area contributed by atoms with Crippen molar-refractivity contribution in [2.45, 2.75) is 12.8 Å². The van der Waals surface area contributed by atoms with E-state index in [1.165, 1.54) is 22.3 Å². The van der Waals surface area contributed by atoms with E-state index in [0.29, 0.717) is 0 Å². The van der Waals surface area contributed by atoms with Gasteiger partial charge in [-0.2, -0.15) is 0 Å². The molecule has 0 unspecified atom stereocenters. The third-order valence-electron chi connectivity index (χ3n) is 3.74. The predicted molar refractivity (Wildman–Crippen MR) is 84.6 cm³/mol. The molecule has 1 aliphatic rings. The van der Waals surface area contributed by atoms with Gasteiger partial charge in [0.1, 0.15) is 5.75 Å². The highest BCUT2D eigenvalue weighted by molar-refractivity contribution is 5.92. The molecule has 0 fully saturated rings. The van der Waals surface area contributed by atoms with Crippen LogP contribution >= 0.6 is 0 Å². The first-order valence-corrected chi connectivity index (χ1v) is 6.95. The molecule has 0 atom stereocenters. The van der Waals surface area contributed by atoms with E-state index in [1.54, 1.807) is 7.11 Å². The lowest BCUT2D eigenvalue weighted by Crippen LogP contribution is -1.95. The second-order valence-electron chi connectivity index (χ2n) is 4.93. The highest BCUT2D eigenvalue weighted by atomic mass is 16.5. The number of benzene rings is 2. The minimum Gasteiger partial charge on any atom is -0.497 e. The molecule has 2 aromatic rings. The first-order chi connectivity index (χ1) is 9.88. The maximum atomic E-state index is 5.24. The number of ether oxygens (including phenoxy) is 1. The van der Waals surface area contributed by atoms with Crippen molar-refractivity contribution in [3.63, 3.8) is 0 Å². The Kier molecular flexibility index (Phi) is 3.69. The largest absolute Gasteiger partial charge is 0.497 e. The Balaban J connectivity index is 2.04. The highest BCUT2D eigenvalue weighted by Gasteiger charge is 2.12. The van der Waals surface area contributed by atoms with Gasteiger partial charge < -0.3 is 4.74 Å². The van der Waals surface area contributed by atoms with E-state index in [2.05, 4.69) is 54.6 Å². The van der Waals surface area contributed by atoms with Gasteiger partial charge in [0.05, 0.1) is 7.11 Å². The van der Waals surface area contributed by atoms with Gasteiger partial charge in [-0.3, -0.25) is 0 Å². The summed E-state index contributed by atoms with van der Waals surface area (Å²) in [5.41, 5.74) is 5.45. The number of allylic oxidation sites excluding steroid dienone is 4. The molecule has 0 aromatic heterocycles. The third kappa shape index (κ3) is 2.53. The molecule has 2 aromatic carbocycles. The van der Waals surface area contributed by atoms with Crippen molar-refractivity contribution in [3.8, 4) is 5.75 Å². The molecule has 1 aliphatic carbocycles. The van der Waals surface area contributed by atoms with Gasteiger partial charge in [0.15, 0.2) is 0 Å². The lowest BCUT2D eigenvalue weighted by atomic mass is 9.87. The maximum absolute atomic E-state index is 5.24. The van der Waals surface area contributed by atoms with Gasteiger partial charge in [-0.1, -0.05) is 54.6 Å². The van der Waals surface area contributed by atoms with Crippen LogP contribution in [0.15, 0.2) is 66.7 Å². The van der Waals surface area contributed by atoms with Gasteiger partial charge in [0.2, 0.25) is 0 Å². The molecule has 0 saturated carbocycles. The Morgan fingerprint density at radius 2 is 1.25 bits per heavy atom. The summed E-state index contributed by atoms with van der Waals surface area (Å²) < 4.78 is 5.24. The quantitative estimate of drug-likeness (QED) is 0.711. The van der Waals surface area contributed by atoms with Crippen LogP contribution in [0.1, 0.15) is 24.0 Å². The number of methoxy groups -OCH3 is 1. The predicted octanol–water partition coefficient (Wildman–Crippen LogP) is 4.96. The Morgan fingerprint density at radius 1 is 0.700 bits per heavy atom. The first kappa shape index (κ1) is 12.7. The molecule has 0 bridgehead atoms. The second kappa shape index (κ2) is 5.79. The minimum absolute atomic E-state index is 0.905. The molecule has 0 heterocycles. The summed E-state index contributed by atoms with van der Waals surface area (Å²) in [6, 6.07) is 19.0. The number of hydrogen-bond donors (Lipinski definition) is 0. The Labute approximate surface area is 120 Å². The summed E-state index contributed by atoms with van der Waals surface area (Å²) >= 11 is 0. The summed E-state index contributed by atoms with van der Waals surface area (Å²) in [6.07, 6.45) is 6.52. The molecule has 0 saturated heterocycles. The van der Waals surface area contributed by atoms with Gasteiger partial charge in [0.25, 0.3) is 0 Å². The first-order valence-electron chi connectivity index (χ1n) is 6.95. The van der Waals surface area contributed by atoms with Crippen LogP contribution in [0.3, 0.4) is 0 Å². The number of rotatable bonds is 3. The van der Waals surface area contributed by atoms with Crippen molar-refractivity contribution >= 4 is 11.1 Å². The van der Waals surface area contributed by atoms with Crippen LogP contribution in [0.25, 0.3) is 11.1 Å². The van der Waals surface area contributed by atoms with E-state index < -0.39 is 0 Å². The van der Waals surface area contributed by atoms with Crippen molar-refractivity contribution in [2.75, 3.05) is 7.11 Å². The minimum atomic E-state index is 0.905. The van der Waals surface area contributed by atoms with Crippen LogP contribution in [0.2, 0.25) is 0 Å². The summed E-state index contributed by atoms with van der Waals surface area (Å²) in [5, 5.41) is 0. The Morgan fingerprint density at radius 3 is 1.80 bits per heavy atom. The van der Waals surface area contributed by atoms with Gasteiger partial charge in [-0.25, -0.2) is 0 Å². The normalized spacial score (nSPS) is 14.4. The zero-order chi connectivity index (χ0) is 13.8. The second-order valence-corrected chi connectivity index (χ2v) is 4.93. The van der Waals surface area contributed by atoms with E-state index >= 15 is 0 Å². The Bertz CT molecular complexity index is 633.